The lowest BCUT2D eigenvalue weighted by molar-refractivity contribution is -0.216. The summed E-state index contributed by atoms with van der Waals surface area (Å²) in [5, 5.41) is 0. The highest BCUT2D eigenvalue weighted by Crippen LogP contribution is 2.44. The van der Waals surface area contributed by atoms with Crippen LogP contribution in [0.1, 0.15) is 32.1 Å². The van der Waals surface area contributed by atoms with Gasteiger partial charge in [-0.2, -0.15) is 0 Å². The molecule has 2 radical (unpaired) electrons. The van der Waals surface area contributed by atoms with Crippen LogP contribution in [0.2, 0.25) is 0 Å². The number of hydrogen-bond donors (Lipinski definition) is 0. The Morgan fingerprint density at radius 1 is 1.12 bits per heavy atom. The molecule has 3 rings (SSSR count). The number of carbonyl (C=O) groups is 1. The van der Waals surface area contributed by atoms with Crippen molar-refractivity contribution in [3.8, 4) is 0 Å². The molecular formula is C11H15BO4. The lowest BCUT2D eigenvalue weighted by atomic mass is 9.92. The fourth-order valence-electron chi connectivity index (χ4n) is 2.94. The van der Waals surface area contributed by atoms with Crippen LogP contribution in [0.3, 0.4) is 0 Å². The number of fused-ring (bicyclic) bond motifs is 1. The second-order valence-corrected chi connectivity index (χ2v) is 4.84. The van der Waals surface area contributed by atoms with E-state index >= 15 is 0 Å². The lowest BCUT2D eigenvalue weighted by Gasteiger charge is -2.33. The van der Waals surface area contributed by atoms with Gasteiger partial charge in [-0.3, -0.25) is 0 Å². The Kier molecular flexibility index (Phi) is 2.57. The van der Waals surface area contributed by atoms with Crippen molar-refractivity contribution in [1.29, 1.82) is 0 Å². The third-order valence-electron chi connectivity index (χ3n) is 3.74. The van der Waals surface area contributed by atoms with Crippen LogP contribution in [0, 0.1) is 0 Å². The molecule has 2 aliphatic heterocycles. The van der Waals surface area contributed by atoms with E-state index in [9.17, 15) is 4.79 Å². The third-order valence-corrected chi connectivity index (χ3v) is 3.74. The fraction of sp³-hybridized carbons (Fsp3) is 0.909. The van der Waals surface area contributed by atoms with E-state index in [0.717, 1.165) is 32.0 Å². The summed E-state index contributed by atoms with van der Waals surface area (Å²) in [4.78, 5) is 10.9. The van der Waals surface area contributed by atoms with Crippen LogP contribution < -0.4 is 0 Å². The molecule has 4 atom stereocenters. The van der Waals surface area contributed by atoms with Crippen molar-refractivity contribution in [3.05, 3.63) is 0 Å². The van der Waals surface area contributed by atoms with Gasteiger partial charge in [0.25, 0.3) is 0 Å². The first kappa shape index (κ1) is 10.7. The lowest BCUT2D eigenvalue weighted by Crippen LogP contribution is -2.37. The van der Waals surface area contributed by atoms with E-state index in [-0.39, 0.29) is 12.2 Å². The Balaban J connectivity index is 1.78. The summed E-state index contributed by atoms with van der Waals surface area (Å²) in [6, 6.07) is -0.540. The summed E-state index contributed by atoms with van der Waals surface area (Å²) >= 11 is 0. The fourth-order valence-corrected chi connectivity index (χ4v) is 2.94. The Hall–Kier alpha value is -0.385. The van der Waals surface area contributed by atoms with Gasteiger partial charge in [-0.25, -0.2) is 0 Å². The first-order chi connectivity index (χ1) is 7.74. The van der Waals surface area contributed by atoms with Crippen LogP contribution in [0.25, 0.3) is 0 Å². The molecule has 1 spiro atoms. The van der Waals surface area contributed by atoms with Gasteiger partial charge in [0.1, 0.15) is 26.2 Å². The molecule has 16 heavy (non-hydrogen) atoms. The predicted octanol–water partition coefficient (Wildman–Crippen LogP) is 0.523. The molecule has 3 aliphatic rings. The maximum Gasteiger partial charge on any atom is 0.169 e. The molecule has 0 aromatic carbocycles. The van der Waals surface area contributed by atoms with E-state index < -0.39 is 17.9 Å². The largest absolute Gasteiger partial charge is 0.372 e. The van der Waals surface area contributed by atoms with Crippen molar-refractivity contribution in [2.75, 3.05) is 0 Å². The molecule has 0 N–H and O–H groups in total. The Morgan fingerprint density at radius 2 is 1.81 bits per heavy atom. The van der Waals surface area contributed by atoms with Crippen molar-refractivity contribution in [3.63, 3.8) is 0 Å². The maximum absolute atomic E-state index is 10.9. The van der Waals surface area contributed by atoms with Crippen LogP contribution in [0.4, 0.5) is 0 Å². The quantitative estimate of drug-likeness (QED) is 0.479. The smallest absolute Gasteiger partial charge is 0.169 e. The molecule has 2 unspecified atom stereocenters. The summed E-state index contributed by atoms with van der Waals surface area (Å²) in [6.45, 7) is 0. The molecule has 2 saturated heterocycles. The molecule has 3 fully saturated rings. The van der Waals surface area contributed by atoms with Crippen LogP contribution in [-0.2, 0) is 19.0 Å². The van der Waals surface area contributed by atoms with Crippen molar-refractivity contribution in [2.45, 2.75) is 62.2 Å². The SMILES string of the molecule is [B]C1OC(C=O)[C@H]2OC3(CCCCC3)O[C@@H]12. The Morgan fingerprint density at radius 3 is 2.50 bits per heavy atom. The van der Waals surface area contributed by atoms with Crippen LogP contribution in [0.5, 0.6) is 0 Å². The molecular weight excluding hydrogens is 207 g/mol. The minimum Gasteiger partial charge on any atom is -0.372 e. The Bertz CT molecular complexity index is 290. The first-order valence-corrected chi connectivity index (χ1v) is 5.96. The second kappa shape index (κ2) is 3.82. The third kappa shape index (κ3) is 1.53. The van der Waals surface area contributed by atoms with E-state index in [2.05, 4.69) is 0 Å². The monoisotopic (exact) mass is 222 g/mol. The number of hydrogen-bond acceptors (Lipinski definition) is 4. The van der Waals surface area contributed by atoms with Gasteiger partial charge in [-0.05, 0) is 12.8 Å². The normalized spacial score (nSPS) is 45.8. The molecule has 0 aromatic heterocycles. The van der Waals surface area contributed by atoms with Gasteiger partial charge in [0.15, 0.2) is 12.1 Å². The van der Waals surface area contributed by atoms with E-state index in [1.54, 1.807) is 0 Å². The summed E-state index contributed by atoms with van der Waals surface area (Å²) in [5.41, 5.74) is 0. The maximum atomic E-state index is 10.9. The average Bonchev–Trinajstić information content (AvgIpc) is 2.78. The van der Waals surface area contributed by atoms with Crippen LogP contribution in [-0.4, -0.2) is 44.2 Å². The van der Waals surface area contributed by atoms with Gasteiger partial charge in [0, 0.05) is 18.8 Å². The topological polar surface area (TPSA) is 44.8 Å². The molecule has 0 bridgehead atoms. The molecule has 86 valence electrons. The zero-order valence-electron chi connectivity index (χ0n) is 9.13. The van der Waals surface area contributed by atoms with Gasteiger partial charge in [-0.1, -0.05) is 6.42 Å². The van der Waals surface area contributed by atoms with Crippen LogP contribution in [0.15, 0.2) is 0 Å². The number of rotatable bonds is 1. The predicted molar refractivity (Wildman–Crippen MR) is 56.0 cm³/mol. The van der Waals surface area contributed by atoms with Crippen LogP contribution >= 0.6 is 0 Å². The highest BCUT2D eigenvalue weighted by Gasteiger charge is 2.56. The molecule has 4 nitrogen and oxygen atoms in total. The standard InChI is InChI=1S/C11H15BO4/c12-10-9-8(7(6-13)14-10)15-11(16-9)4-2-1-3-5-11/h6-10H,1-5H2/t7?,8-,9-,10?/m1/s1. The van der Waals surface area contributed by atoms with E-state index in [1.165, 1.54) is 6.42 Å². The minimum absolute atomic E-state index is 0.284. The van der Waals surface area contributed by atoms with Crippen molar-refractivity contribution in [2.24, 2.45) is 0 Å². The second-order valence-electron chi connectivity index (χ2n) is 4.84. The Labute approximate surface area is 96.0 Å². The van der Waals surface area contributed by atoms with E-state index in [0.29, 0.717) is 0 Å². The molecule has 0 aromatic rings. The number of ether oxygens (including phenoxy) is 3. The van der Waals surface area contributed by atoms with Gasteiger partial charge in [0.05, 0.1) is 0 Å². The molecule has 1 saturated carbocycles. The number of carbonyl (C=O) groups excluding carboxylic acids is 1. The molecule has 0 amide bonds. The molecule has 1 aliphatic carbocycles. The van der Waals surface area contributed by atoms with Crippen molar-refractivity contribution in [1.82, 2.24) is 0 Å². The zero-order chi connectivity index (χ0) is 11.2. The van der Waals surface area contributed by atoms with Gasteiger partial charge < -0.3 is 19.0 Å². The summed E-state index contributed by atoms with van der Waals surface area (Å²) in [5.74, 6) is -0.490. The van der Waals surface area contributed by atoms with E-state index in [1.807, 2.05) is 0 Å². The van der Waals surface area contributed by atoms with E-state index in [4.69, 9.17) is 22.1 Å². The van der Waals surface area contributed by atoms with Crippen molar-refractivity contribution >= 4 is 14.1 Å². The van der Waals surface area contributed by atoms with Gasteiger partial charge in [-0.15, -0.1) is 0 Å². The number of aldehydes is 1. The minimum atomic E-state index is -0.568. The van der Waals surface area contributed by atoms with Crippen molar-refractivity contribution < 1.29 is 19.0 Å². The summed E-state index contributed by atoms with van der Waals surface area (Å²) in [6.07, 6.45) is 4.85. The average molecular weight is 222 g/mol. The van der Waals surface area contributed by atoms with Gasteiger partial charge in [0.2, 0.25) is 0 Å². The summed E-state index contributed by atoms with van der Waals surface area (Å²) < 4.78 is 17.1. The van der Waals surface area contributed by atoms with Gasteiger partial charge >= 0.3 is 0 Å². The molecule has 2 heterocycles. The molecule has 5 heteroatoms. The first-order valence-electron chi connectivity index (χ1n) is 5.96. The highest BCUT2D eigenvalue weighted by molar-refractivity contribution is 6.11. The highest BCUT2D eigenvalue weighted by atomic mass is 16.8. The zero-order valence-corrected chi connectivity index (χ0v) is 9.13. The summed E-state index contributed by atoms with van der Waals surface area (Å²) in [7, 11) is 5.79.